The summed E-state index contributed by atoms with van der Waals surface area (Å²) in [5.74, 6) is -0.331. The van der Waals surface area contributed by atoms with Crippen molar-refractivity contribution in [3.63, 3.8) is 0 Å². The van der Waals surface area contributed by atoms with Gasteiger partial charge in [-0.2, -0.15) is 0 Å². The Morgan fingerprint density at radius 2 is 1.93 bits per heavy atom. The fourth-order valence-corrected chi connectivity index (χ4v) is 2.47. The Morgan fingerprint density at radius 1 is 1.20 bits per heavy atom. The monoisotopic (exact) mass is 202 g/mol. The minimum Gasteiger partial charge on any atom is -0.346 e. The smallest absolute Gasteiger partial charge is 0.204 e. The number of benzene rings is 1. The molecule has 2 saturated heterocycles. The molecule has 3 rings (SSSR count). The van der Waals surface area contributed by atoms with Crippen LogP contribution in [0.5, 0.6) is 0 Å². The predicted octanol–water partition coefficient (Wildman–Crippen LogP) is 2.26. The second kappa shape index (κ2) is 2.94. The van der Waals surface area contributed by atoms with E-state index in [0.29, 0.717) is 0 Å². The standard InChI is InChI=1S/C13H14O2/c1-2-8-12(9-14-13(12)10-15-13)11-6-4-3-5-7-11/h2-7H,1,8-10H2. The maximum Gasteiger partial charge on any atom is 0.204 e. The summed E-state index contributed by atoms with van der Waals surface area (Å²) in [6.07, 6.45) is 2.87. The number of hydrogen-bond donors (Lipinski definition) is 0. The van der Waals surface area contributed by atoms with Crippen LogP contribution in [0.15, 0.2) is 43.0 Å². The van der Waals surface area contributed by atoms with Gasteiger partial charge >= 0.3 is 0 Å². The highest BCUT2D eigenvalue weighted by atomic mass is 16.8. The van der Waals surface area contributed by atoms with Crippen molar-refractivity contribution in [1.29, 1.82) is 0 Å². The van der Waals surface area contributed by atoms with E-state index in [1.807, 2.05) is 12.1 Å². The fraction of sp³-hybridized carbons (Fsp3) is 0.385. The highest BCUT2D eigenvalue weighted by Crippen LogP contribution is 2.57. The molecular formula is C13H14O2. The Labute approximate surface area is 89.5 Å². The van der Waals surface area contributed by atoms with Gasteiger partial charge in [-0.15, -0.1) is 6.58 Å². The molecule has 2 aliphatic rings. The Balaban J connectivity index is 2.02. The van der Waals surface area contributed by atoms with Crippen molar-refractivity contribution >= 4 is 0 Å². The SMILES string of the molecule is C=CCC1(c2ccccc2)COC12CO2. The van der Waals surface area contributed by atoms with E-state index in [4.69, 9.17) is 9.47 Å². The Kier molecular flexibility index (Phi) is 1.79. The predicted molar refractivity (Wildman–Crippen MR) is 57.6 cm³/mol. The molecule has 78 valence electrons. The summed E-state index contributed by atoms with van der Waals surface area (Å²) in [4.78, 5) is 0. The van der Waals surface area contributed by atoms with E-state index in [-0.39, 0.29) is 11.2 Å². The average molecular weight is 202 g/mol. The minimum absolute atomic E-state index is 0.00993. The zero-order chi connectivity index (χ0) is 10.4. The van der Waals surface area contributed by atoms with Gasteiger partial charge in [0.1, 0.15) is 6.61 Å². The van der Waals surface area contributed by atoms with Crippen LogP contribution in [0, 0.1) is 0 Å². The molecule has 2 heterocycles. The second-order valence-corrected chi connectivity index (χ2v) is 4.27. The van der Waals surface area contributed by atoms with Gasteiger partial charge in [0.05, 0.1) is 12.0 Å². The summed E-state index contributed by atoms with van der Waals surface area (Å²) in [5, 5.41) is 0. The number of allylic oxidation sites excluding steroid dienone is 1. The van der Waals surface area contributed by atoms with Crippen LogP contribution in [-0.2, 0) is 14.9 Å². The third-order valence-electron chi connectivity index (χ3n) is 3.51. The largest absolute Gasteiger partial charge is 0.346 e. The van der Waals surface area contributed by atoms with Crippen molar-refractivity contribution in [2.45, 2.75) is 17.6 Å². The van der Waals surface area contributed by atoms with Crippen LogP contribution in [0.3, 0.4) is 0 Å². The van der Waals surface area contributed by atoms with E-state index >= 15 is 0 Å². The van der Waals surface area contributed by atoms with Crippen LogP contribution in [0.2, 0.25) is 0 Å². The molecule has 2 heteroatoms. The van der Waals surface area contributed by atoms with Crippen molar-refractivity contribution in [2.24, 2.45) is 0 Å². The van der Waals surface area contributed by atoms with E-state index in [2.05, 4.69) is 30.8 Å². The molecule has 0 bridgehead atoms. The maximum atomic E-state index is 5.58. The maximum absolute atomic E-state index is 5.58. The van der Waals surface area contributed by atoms with E-state index in [9.17, 15) is 0 Å². The molecule has 0 aromatic heterocycles. The van der Waals surface area contributed by atoms with Crippen molar-refractivity contribution in [3.8, 4) is 0 Å². The molecule has 1 aromatic rings. The Bertz CT molecular complexity index is 381. The van der Waals surface area contributed by atoms with Crippen molar-refractivity contribution in [2.75, 3.05) is 13.2 Å². The number of epoxide rings is 1. The lowest BCUT2D eigenvalue weighted by atomic mass is 9.70. The molecule has 0 radical (unpaired) electrons. The van der Waals surface area contributed by atoms with Crippen LogP contribution < -0.4 is 0 Å². The van der Waals surface area contributed by atoms with Crippen LogP contribution in [0.4, 0.5) is 0 Å². The summed E-state index contributed by atoms with van der Waals surface area (Å²) < 4.78 is 11.1. The van der Waals surface area contributed by atoms with Crippen LogP contribution in [0.1, 0.15) is 12.0 Å². The van der Waals surface area contributed by atoms with Gasteiger partial charge in [-0.05, 0) is 12.0 Å². The van der Waals surface area contributed by atoms with Gasteiger partial charge in [0, 0.05) is 0 Å². The zero-order valence-electron chi connectivity index (χ0n) is 8.61. The topological polar surface area (TPSA) is 21.8 Å². The lowest BCUT2D eigenvalue weighted by Crippen LogP contribution is -2.58. The number of ether oxygens (including phenoxy) is 2. The summed E-state index contributed by atoms with van der Waals surface area (Å²) in [7, 11) is 0. The average Bonchev–Trinajstić information content (AvgIpc) is 3.07. The molecule has 2 unspecified atom stereocenters. The zero-order valence-corrected chi connectivity index (χ0v) is 8.61. The summed E-state index contributed by atoms with van der Waals surface area (Å²) in [6.45, 7) is 5.29. The summed E-state index contributed by atoms with van der Waals surface area (Å²) >= 11 is 0. The van der Waals surface area contributed by atoms with E-state index in [1.54, 1.807) is 0 Å². The molecule has 15 heavy (non-hydrogen) atoms. The first kappa shape index (κ1) is 9.13. The van der Waals surface area contributed by atoms with Gasteiger partial charge in [0.15, 0.2) is 0 Å². The van der Waals surface area contributed by atoms with Crippen LogP contribution >= 0.6 is 0 Å². The highest BCUT2D eigenvalue weighted by molar-refractivity contribution is 5.35. The molecule has 0 aliphatic carbocycles. The minimum atomic E-state index is -0.331. The molecule has 2 nitrogen and oxygen atoms in total. The summed E-state index contributed by atoms with van der Waals surface area (Å²) in [5.41, 5.74) is 1.31. The van der Waals surface area contributed by atoms with Gasteiger partial charge in [0.25, 0.3) is 0 Å². The first-order chi connectivity index (χ1) is 7.33. The lowest BCUT2D eigenvalue weighted by Gasteiger charge is -2.47. The van der Waals surface area contributed by atoms with E-state index in [1.165, 1.54) is 5.56 Å². The molecule has 0 saturated carbocycles. The molecule has 0 N–H and O–H groups in total. The van der Waals surface area contributed by atoms with Crippen LogP contribution in [-0.4, -0.2) is 19.0 Å². The summed E-state index contributed by atoms with van der Waals surface area (Å²) in [6, 6.07) is 10.5. The normalized spacial score (nSPS) is 37.3. The van der Waals surface area contributed by atoms with Gasteiger partial charge in [-0.1, -0.05) is 36.4 Å². The van der Waals surface area contributed by atoms with Crippen molar-refractivity contribution in [1.82, 2.24) is 0 Å². The fourth-order valence-electron chi connectivity index (χ4n) is 2.47. The van der Waals surface area contributed by atoms with Crippen molar-refractivity contribution in [3.05, 3.63) is 48.6 Å². The van der Waals surface area contributed by atoms with E-state index in [0.717, 1.165) is 19.6 Å². The third kappa shape index (κ3) is 1.06. The van der Waals surface area contributed by atoms with Gasteiger partial charge in [-0.3, -0.25) is 0 Å². The number of rotatable bonds is 3. The molecule has 1 aromatic carbocycles. The lowest BCUT2D eigenvalue weighted by molar-refractivity contribution is -0.215. The highest BCUT2D eigenvalue weighted by Gasteiger charge is 2.70. The Hall–Kier alpha value is -1.12. The third-order valence-corrected chi connectivity index (χ3v) is 3.51. The second-order valence-electron chi connectivity index (χ2n) is 4.27. The molecule has 2 atom stereocenters. The molecule has 0 amide bonds. The molecule has 2 fully saturated rings. The molecular weight excluding hydrogens is 188 g/mol. The van der Waals surface area contributed by atoms with Crippen LogP contribution in [0.25, 0.3) is 0 Å². The first-order valence-electron chi connectivity index (χ1n) is 5.27. The van der Waals surface area contributed by atoms with E-state index < -0.39 is 0 Å². The first-order valence-corrected chi connectivity index (χ1v) is 5.27. The van der Waals surface area contributed by atoms with Gasteiger partial charge in [0.2, 0.25) is 5.79 Å². The molecule has 2 aliphatic heterocycles. The van der Waals surface area contributed by atoms with Gasteiger partial charge in [-0.25, -0.2) is 0 Å². The van der Waals surface area contributed by atoms with Gasteiger partial charge < -0.3 is 9.47 Å². The quantitative estimate of drug-likeness (QED) is 0.554. The van der Waals surface area contributed by atoms with Crippen molar-refractivity contribution < 1.29 is 9.47 Å². The Morgan fingerprint density at radius 3 is 2.40 bits per heavy atom. The molecule has 1 spiro atoms. The number of hydrogen-bond acceptors (Lipinski definition) is 2.